The van der Waals surface area contributed by atoms with Crippen molar-refractivity contribution in [2.75, 3.05) is 5.32 Å². The first-order valence-corrected chi connectivity index (χ1v) is 11.6. The Labute approximate surface area is 197 Å². The highest BCUT2D eigenvalue weighted by Crippen LogP contribution is 2.33. The van der Waals surface area contributed by atoms with E-state index in [4.69, 9.17) is 0 Å². The van der Waals surface area contributed by atoms with Crippen LogP contribution in [0, 0.1) is 30.9 Å². The number of benzene rings is 2. The number of rotatable bonds is 6. The number of thioether (sulfide) groups is 1. The van der Waals surface area contributed by atoms with Crippen LogP contribution in [0.2, 0.25) is 0 Å². The molecule has 1 aromatic heterocycles. The lowest BCUT2D eigenvalue weighted by molar-refractivity contribution is -0.384. The van der Waals surface area contributed by atoms with Gasteiger partial charge in [-0.2, -0.15) is 0 Å². The molecular weight excluding hydrogens is 436 g/mol. The summed E-state index contributed by atoms with van der Waals surface area (Å²) in [6.07, 6.45) is 2.89. The van der Waals surface area contributed by atoms with Gasteiger partial charge in [0.15, 0.2) is 5.50 Å². The molecule has 0 radical (unpaired) electrons. The van der Waals surface area contributed by atoms with Crippen LogP contribution in [-0.4, -0.2) is 20.9 Å². The molecule has 0 saturated carbocycles. The standard InChI is InChI=1S/C25H26N4O3S/c1-5-18-6-8-20(9-7-18)26-25-27-24(30)23(33-25)14-19-13-16(3)28(17(19)4)22-11-10-21(29(31)32)12-15(22)2/h6-14,25-26H,5H2,1-4H3,(H,27,30)/b23-14-/t25-/m0/s1. The molecule has 7 nitrogen and oxygen atoms in total. The highest BCUT2D eigenvalue weighted by Gasteiger charge is 2.27. The fourth-order valence-electron chi connectivity index (χ4n) is 4.00. The number of carbonyl (C=O) groups is 1. The molecule has 2 N–H and O–H groups in total. The van der Waals surface area contributed by atoms with E-state index in [1.165, 1.54) is 23.4 Å². The van der Waals surface area contributed by atoms with Crippen molar-refractivity contribution in [2.24, 2.45) is 0 Å². The van der Waals surface area contributed by atoms with Crippen LogP contribution in [0.25, 0.3) is 11.8 Å². The summed E-state index contributed by atoms with van der Waals surface area (Å²) in [5.74, 6) is -0.112. The predicted octanol–water partition coefficient (Wildman–Crippen LogP) is 5.47. The lowest BCUT2D eigenvalue weighted by Crippen LogP contribution is -2.30. The minimum atomic E-state index is -0.388. The third kappa shape index (κ3) is 4.66. The third-order valence-electron chi connectivity index (χ3n) is 5.78. The van der Waals surface area contributed by atoms with Crippen LogP contribution in [0.5, 0.6) is 0 Å². The van der Waals surface area contributed by atoms with Gasteiger partial charge in [0.05, 0.1) is 9.83 Å². The normalized spacial score (nSPS) is 16.8. The van der Waals surface area contributed by atoms with Crippen LogP contribution in [0.1, 0.15) is 35.0 Å². The molecule has 0 aliphatic carbocycles. The van der Waals surface area contributed by atoms with Crippen molar-refractivity contribution in [1.82, 2.24) is 9.88 Å². The van der Waals surface area contributed by atoms with E-state index in [1.54, 1.807) is 12.1 Å². The maximum atomic E-state index is 12.6. The van der Waals surface area contributed by atoms with E-state index in [0.717, 1.165) is 40.3 Å². The molecule has 1 fully saturated rings. The number of nitrogens with zero attached hydrogens (tertiary/aromatic N) is 2. The molecular formula is C25H26N4O3S. The smallest absolute Gasteiger partial charge is 0.269 e. The van der Waals surface area contributed by atoms with Crippen molar-refractivity contribution >= 4 is 35.1 Å². The van der Waals surface area contributed by atoms with Gasteiger partial charge in [-0.05, 0) is 74.2 Å². The first kappa shape index (κ1) is 22.7. The summed E-state index contributed by atoms with van der Waals surface area (Å²) in [6.45, 7) is 7.96. The SMILES string of the molecule is CCc1ccc(N[C@H]2NC(=O)/C(=C/c3cc(C)n(-c4ccc([N+](=O)[O-])cc4C)c3C)S2)cc1. The number of hydrogen-bond donors (Lipinski definition) is 2. The predicted molar refractivity (Wildman–Crippen MR) is 134 cm³/mol. The lowest BCUT2D eigenvalue weighted by Gasteiger charge is -2.13. The quantitative estimate of drug-likeness (QED) is 0.288. The van der Waals surface area contributed by atoms with E-state index < -0.39 is 0 Å². The molecule has 1 atom stereocenters. The summed E-state index contributed by atoms with van der Waals surface area (Å²) in [6, 6.07) is 15.1. The second kappa shape index (κ2) is 9.15. The summed E-state index contributed by atoms with van der Waals surface area (Å²) in [7, 11) is 0. The Kier molecular flexibility index (Phi) is 6.29. The molecule has 1 aliphatic heterocycles. The number of anilines is 1. The van der Waals surface area contributed by atoms with E-state index in [2.05, 4.69) is 34.3 Å². The summed E-state index contributed by atoms with van der Waals surface area (Å²) >= 11 is 1.45. The van der Waals surface area contributed by atoms with Crippen LogP contribution in [0.4, 0.5) is 11.4 Å². The Bertz CT molecular complexity index is 1260. The summed E-state index contributed by atoms with van der Waals surface area (Å²) in [4.78, 5) is 23.9. The number of amides is 1. The molecule has 1 saturated heterocycles. The number of aromatic nitrogens is 1. The van der Waals surface area contributed by atoms with E-state index in [1.807, 2.05) is 45.0 Å². The highest BCUT2D eigenvalue weighted by atomic mass is 32.2. The molecule has 2 heterocycles. The zero-order chi connectivity index (χ0) is 23.7. The maximum absolute atomic E-state index is 12.6. The molecule has 3 aromatic rings. The van der Waals surface area contributed by atoms with E-state index in [0.29, 0.717) is 4.91 Å². The number of aryl methyl sites for hydroxylation is 3. The van der Waals surface area contributed by atoms with Gasteiger partial charge in [-0.1, -0.05) is 30.8 Å². The van der Waals surface area contributed by atoms with Crippen LogP contribution < -0.4 is 10.6 Å². The summed E-state index contributed by atoms with van der Waals surface area (Å²) in [5.41, 5.74) is 6.66. The van der Waals surface area contributed by atoms with Gasteiger partial charge in [0.1, 0.15) is 0 Å². The van der Waals surface area contributed by atoms with Gasteiger partial charge >= 0.3 is 0 Å². The van der Waals surface area contributed by atoms with Crippen LogP contribution >= 0.6 is 11.8 Å². The number of carbonyl (C=O) groups excluding carboxylic acids is 1. The van der Waals surface area contributed by atoms with Crippen molar-refractivity contribution in [2.45, 2.75) is 39.6 Å². The number of non-ortho nitro benzene ring substituents is 1. The minimum Gasteiger partial charge on any atom is -0.357 e. The molecule has 33 heavy (non-hydrogen) atoms. The highest BCUT2D eigenvalue weighted by molar-refractivity contribution is 8.05. The van der Waals surface area contributed by atoms with Crippen LogP contribution in [0.15, 0.2) is 53.4 Å². The topological polar surface area (TPSA) is 89.2 Å². The van der Waals surface area contributed by atoms with Crippen LogP contribution in [0.3, 0.4) is 0 Å². The molecule has 0 unspecified atom stereocenters. The second-order valence-corrected chi connectivity index (χ2v) is 9.21. The van der Waals surface area contributed by atoms with Gasteiger partial charge < -0.3 is 15.2 Å². The summed E-state index contributed by atoms with van der Waals surface area (Å²) < 4.78 is 2.06. The zero-order valence-corrected chi connectivity index (χ0v) is 19.8. The Balaban J connectivity index is 1.57. The molecule has 8 heteroatoms. The minimum absolute atomic E-state index is 0.0722. The largest absolute Gasteiger partial charge is 0.357 e. The maximum Gasteiger partial charge on any atom is 0.269 e. The molecule has 0 spiro atoms. The average molecular weight is 463 g/mol. The lowest BCUT2D eigenvalue weighted by atomic mass is 10.1. The fourth-order valence-corrected chi connectivity index (χ4v) is 4.98. The number of nitro groups is 1. The van der Waals surface area contributed by atoms with Gasteiger partial charge in [0.2, 0.25) is 0 Å². The molecule has 0 bridgehead atoms. The van der Waals surface area contributed by atoms with E-state index in [9.17, 15) is 14.9 Å². The van der Waals surface area contributed by atoms with Gasteiger partial charge in [-0.25, -0.2) is 0 Å². The van der Waals surface area contributed by atoms with E-state index in [-0.39, 0.29) is 22.0 Å². The Morgan fingerprint density at radius 1 is 1.15 bits per heavy atom. The van der Waals surface area contributed by atoms with Gasteiger partial charge in [0.25, 0.3) is 11.6 Å². The summed E-state index contributed by atoms with van der Waals surface area (Å²) in [5, 5.41) is 17.4. The monoisotopic (exact) mass is 462 g/mol. The van der Waals surface area contributed by atoms with Crippen LogP contribution in [-0.2, 0) is 11.2 Å². The molecule has 170 valence electrons. The van der Waals surface area contributed by atoms with E-state index >= 15 is 0 Å². The first-order valence-electron chi connectivity index (χ1n) is 10.8. The van der Waals surface area contributed by atoms with Crippen molar-refractivity contribution in [3.63, 3.8) is 0 Å². The Morgan fingerprint density at radius 2 is 1.88 bits per heavy atom. The van der Waals surface area contributed by atoms with Crippen molar-refractivity contribution < 1.29 is 9.72 Å². The average Bonchev–Trinajstić information content (AvgIpc) is 3.26. The number of nitro benzene ring substituents is 1. The van der Waals surface area contributed by atoms with Gasteiger partial charge in [-0.3, -0.25) is 14.9 Å². The van der Waals surface area contributed by atoms with Gasteiger partial charge in [-0.15, -0.1) is 0 Å². The molecule has 1 amide bonds. The number of hydrogen-bond acceptors (Lipinski definition) is 5. The third-order valence-corrected chi connectivity index (χ3v) is 6.81. The zero-order valence-electron chi connectivity index (χ0n) is 19.0. The molecule has 1 aliphatic rings. The molecule has 2 aromatic carbocycles. The van der Waals surface area contributed by atoms with Crippen molar-refractivity contribution in [3.8, 4) is 5.69 Å². The van der Waals surface area contributed by atoms with Gasteiger partial charge in [0, 0.05) is 34.9 Å². The Morgan fingerprint density at radius 3 is 2.52 bits per heavy atom. The van der Waals surface area contributed by atoms with Crippen molar-refractivity contribution in [1.29, 1.82) is 0 Å². The van der Waals surface area contributed by atoms with Crippen molar-refractivity contribution in [3.05, 3.63) is 91.6 Å². The fraction of sp³-hybridized carbons (Fsp3) is 0.240. The molecule has 4 rings (SSSR count). The number of nitrogens with one attached hydrogen (secondary N) is 2. The second-order valence-electron chi connectivity index (χ2n) is 8.06. The first-order chi connectivity index (χ1) is 15.8. The Hall–Kier alpha value is -3.52.